The van der Waals surface area contributed by atoms with Crippen LogP contribution < -0.4 is 0 Å². The van der Waals surface area contributed by atoms with E-state index in [4.69, 9.17) is 4.74 Å². The lowest BCUT2D eigenvalue weighted by Crippen LogP contribution is -2.32. The Bertz CT molecular complexity index is 433. The highest BCUT2D eigenvalue weighted by Gasteiger charge is 2.41. The largest absolute Gasteiger partial charge is 0.377 e. The molecule has 1 aromatic heterocycles. The second kappa shape index (κ2) is 4.34. The Kier molecular flexibility index (Phi) is 2.93. The van der Waals surface area contributed by atoms with Crippen LogP contribution in [0.25, 0.3) is 0 Å². The first-order valence-electron chi connectivity index (χ1n) is 7.11. The standard InChI is InChI=1S/C14H23N3O/c1-14(2,3)12-10(7-9-18-12)13-16-15-11-6-4-5-8-17(11)13/h10,12H,4-9H2,1-3H3/t10-,12-/m0/s1. The number of aromatic nitrogens is 3. The van der Waals surface area contributed by atoms with Gasteiger partial charge in [0.15, 0.2) is 0 Å². The molecule has 2 aliphatic heterocycles. The molecule has 0 amide bonds. The smallest absolute Gasteiger partial charge is 0.138 e. The highest BCUT2D eigenvalue weighted by molar-refractivity contribution is 5.10. The summed E-state index contributed by atoms with van der Waals surface area (Å²) in [6.07, 6.45) is 4.95. The molecule has 18 heavy (non-hydrogen) atoms. The summed E-state index contributed by atoms with van der Waals surface area (Å²) in [5, 5.41) is 8.85. The first-order chi connectivity index (χ1) is 8.57. The van der Waals surface area contributed by atoms with Crippen molar-refractivity contribution in [1.82, 2.24) is 14.8 Å². The predicted molar refractivity (Wildman–Crippen MR) is 69.5 cm³/mol. The van der Waals surface area contributed by atoms with Crippen LogP contribution in [0.2, 0.25) is 0 Å². The van der Waals surface area contributed by atoms with Crippen LogP contribution >= 0.6 is 0 Å². The van der Waals surface area contributed by atoms with Crippen molar-refractivity contribution in [3.8, 4) is 0 Å². The fourth-order valence-corrected chi connectivity index (χ4v) is 3.31. The van der Waals surface area contributed by atoms with Crippen molar-refractivity contribution in [2.75, 3.05) is 6.61 Å². The van der Waals surface area contributed by atoms with E-state index in [-0.39, 0.29) is 11.5 Å². The fraction of sp³-hybridized carbons (Fsp3) is 0.857. The molecule has 2 aliphatic rings. The fourth-order valence-electron chi connectivity index (χ4n) is 3.31. The van der Waals surface area contributed by atoms with Crippen LogP contribution in [0.4, 0.5) is 0 Å². The number of hydrogen-bond donors (Lipinski definition) is 0. The number of fused-ring (bicyclic) bond motifs is 1. The first kappa shape index (κ1) is 12.2. The average molecular weight is 249 g/mol. The summed E-state index contributed by atoms with van der Waals surface area (Å²) >= 11 is 0. The first-order valence-corrected chi connectivity index (χ1v) is 7.11. The zero-order valence-electron chi connectivity index (χ0n) is 11.6. The molecule has 0 radical (unpaired) electrons. The molecule has 1 fully saturated rings. The third-order valence-electron chi connectivity index (χ3n) is 4.17. The van der Waals surface area contributed by atoms with Crippen molar-refractivity contribution in [3.05, 3.63) is 11.6 Å². The molecule has 4 nitrogen and oxygen atoms in total. The lowest BCUT2D eigenvalue weighted by molar-refractivity contribution is 0.0190. The molecule has 2 atom stereocenters. The molecule has 0 bridgehead atoms. The Morgan fingerprint density at radius 1 is 1.22 bits per heavy atom. The van der Waals surface area contributed by atoms with Crippen molar-refractivity contribution < 1.29 is 4.74 Å². The van der Waals surface area contributed by atoms with Crippen molar-refractivity contribution >= 4 is 0 Å². The molecule has 0 unspecified atom stereocenters. The summed E-state index contributed by atoms with van der Waals surface area (Å²) in [4.78, 5) is 0. The molecule has 1 aromatic rings. The number of rotatable bonds is 1. The number of hydrogen-bond acceptors (Lipinski definition) is 3. The van der Waals surface area contributed by atoms with E-state index < -0.39 is 0 Å². The summed E-state index contributed by atoms with van der Waals surface area (Å²) in [5.41, 5.74) is 0.169. The van der Waals surface area contributed by atoms with Gasteiger partial charge < -0.3 is 9.30 Å². The molecule has 0 N–H and O–H groups in total. The minimum Gasteiger partial charge on any atom is -0.377 e. The van der Waals surface area contributed by atoms with Gasteiger partial charge in [0.1, 0.15) is 11.6 Å². The summed E-state index contributed by atoms with van der Waals surface area (Å²) in [7, 11) is 0. The van der Waals surface area contributed by atoms with E-state index in [1.54, 1.807) is 0 Å². The maximum Gasteiger partial charge on any atom is 0.138 e. The predicted octanol–water partition coefficient (Wildman–Crippen LogP) is 2.53. The Hall–Kier alpha value is -0.900. The Balaban J connectivity index is 1.92. The van der Waals surface area contributed by atoms with E-state index >= 15 is 0 Å². The monoisotopic (exact) mass is 249 g/mol. The molecule has 3 rings (SSSR count). The highest BCUT2D eigenvalue weighted by Crippen LogP contribution is 2.40. The van der Waals surface area contributed by atoms with E-state index in [1.807, 2.05) is 0 Å². The summed E-state index contributed by atoms with van der Waals surface area (Å²) in [6.45, 7) is 8.70. The molecular formula is C14H23N3O. The molecule has 4 heteroatoms. The van der Waals surface area contributed by atoms with Crippen LogP contribution in [-0.4, -0.2) is 27.5 Å². The summed E-state index contributed by atoms with van der Waals surface area (Å²) in [5.74, 6) is 2.77. The van der Waals surface area contributed by atoms with Gasteiger partial charge in [-0.25, -0.2) is 0 Å². The van der Waals surface area contributed by atoms with Crippen molar-refractivity contribution in [2.24, 2.45) is 5.41 Å². The normalized spacial score (nSPS) is 28.4. The van der Waals surface area contributed by atoms with E-state index in [0.717, 1.165) is 26.0 Å². The number of ether oxygens (including phenoxy) is 1. The minimum absolute atomic E-state index is 0.169. The third kappa shape index (κ3) is 1.96. The van der Waals surface area contributed by atoms with E-state index in [9.17, 15) is 0 Å². The lowest BCUT2D eigenvalue weighted by atomic mass is 9.81. The quantitative estimate of drug-likeness (QED) is 0.768. The van der Waals surface area contributed by atoms with Gasteiger partial charge in [0.25, 0.3) is 0 Å². The van der Waals surface area contributed by atoms with E-state index in [0.29, 0.717) is 5.92 Å². The maximum atomic E-state index is 5.96. The summed E-state index contributed by atoms with van der Waals surface area (Å²) < 4.78 is 8.31. The van der Waals surface area contributed by atoms with Crippen LogP contribution in [-0.2, 0) is 17.7 Å². The van der Waals surface area contributed by atoms with Gasteiger partial charge in [0.05, 0.1) is 6.10 Å². The van der Waals surface area contributed by atoms with Crippen LogP contribution in [0.1, 0.15) is 57.6 Å². The molecule has 0 aromatic carbocycles. The molecule has 100 valence electrons. The lowest BCUT2D eigenvalue weighted by Gasteiger charge is -2.31. The van der Waals surface area contributed by atoms with Gasteiger partial charge in [-0.2, -0.15) is 0 Å². The second-order valence-electron chi connectivity index (χ2n) is 6.64. The third-order valence-corrected chi connectivity index (χ3v) is 4.17. The van der Waals surface area contributed by atoms with Gasteiger partial charge in [-0.15, -0.1) is 10.2 Å². The Morgan fingerprint density at radius 2 is 2.06 bits per heavy atom. The number of aryl methyl sites for hydroxylation is 1. The number of nitrogens with zero attached hydrogens (tertiary/aromatic N) is 3. The van der Waals surface area contributed by atoms with Crippen LogP contribution in [0.3, 0.4) is 0 Å². The van der Waals surface area contributed by atoms with Crippen molar-refractivity contribution in [3.63, 3.8) is 0 Å². The molecule has 0 saturated carbocycles. The van der Waals surface area contributed by atoms with Crippen LogP contribution in [0, 0.1) is 5.41 Å². The van der Waals surface area contributed by atoms with E-state index in [2.05, 4.69) is 35.5 Å². The molecule has 0 spiro atoms. The molecular weight excluding hydrogens is 226 g/mol. The van der Waals surface area contributed by atoms with Gasteiger partial charge in [-0.3, -0.25) is 0 Å². The van der Waals surface area contributed by atoms with Gasteiger partial charge in [-0.1, -0.05) is 20.8 Å². The zero-order valence-corrected chi connectivity index (χ0v) is 11.6. The average Bonchev–Trinajstić information content (AvgIpc) is 2.93. The molecule has 1 saturated heterocycles. The zero-order chi connectivity index (χ0) is 12.8. The SMILES string of the molecule is CC(C)(C)[C@H]1OCC[C@@H]1c1nnc2n1CCCC2. The summed E-state index contributed by atoms with van der Waals surface area (Å²) in [6, 6.07) is 0. The van der Waals surface area contributed by atoms with Crippen molar-refractivity contribution in [2.45, 2.75) is 65.0 Å². The van der Waals surface area contributed by atoms with Crippen molar-refractivity contribution in [1.29, 1.82) is 0 Å². The molecule has 0 aliphatic carbocycles. The highest BCUT2D eigenvalue weighted by atomic mass is 16.5. The topological polar surface area (TPSA) is 39.9 Å². The van der Waals surface area contributed by atoms with E-state index in [1.165, 1.54) is 24.5 Å². The van der Waals surface area contributed by atoms with Gasteiger partial charge >= 0.3 is 0 Å². The van der Waals surface area contributed by atoms with Gasteiger partial charge in [-0.05, 0) is 24.7 Å². The van der Waals surface area contributed by atoms with Crippen LogP contribution in [0.5, 0.6) is 0 Å². The van der Waals surface area contributed by atoms with Gasteiger partial charge in [0.2, 0.25) is 0 Å². The Morgan fingerprint density at radius 3 is 2.83 bits per heavy atom. The second-order valence-corrected chi connectivity index (χ2v) is 6.64. The Labute approximate surface area is 109 Å². The van der Waals surface area contributed by atoms with Crippen LogP contribution in [0.15, 0.2) is 0 Å². The maximum absolute atomic E-state index is 5.96. The molecule has 3 heterocycles. The van der Waals surface area contributed by atoms with Gasteiger partial charge in [0, 0.05) is 25.5 Å². The minimum atomic E-state index is 0.169.